The molecule has 0 atom stereocenters. The van der Waals surface area contributed by atoms with Crippen LogP contribution in [0.2, 0.25) is 0 Å². The van der Waals surface area contributed by atoms with Gasteiger partial charge in [0.15, 0.2) is 0 Å². The van der Waals surface area contributed by atoms with Crippen molar-refractivity contribution >= 4 is 15.9 Å². The SMILES string of the molecule is COc1ccccc1-c1noc(CNC(=O)C2CCN(S(C)(=O)=O)CC2)n1. The predicted molar refractivity (Wildman–Crippen MR) is 97.3 cm³/mol. The van der Waals surface area contributed by atoms with Crippen LogP contribution >= 0.6 is 0 Å². The van der Waals surface area contributed by atoms with Gasteiger partial charge in [-0.25, -0.2) is 12.7 Å². The Labute approximate surface area is 157 Å². The van der Waals surface area contributed by atoms with E-state index in [9.17, 15) is 13.2 Å². The number of nitrogens with one attached hydrogen (secondary N) is 1. The van der Waals surface area contributed by atoms with Gasteiger partial charge in [0.2, 0.25) is 27.6 Å². The maximum Gasteiger partial charge on any atom is 0.246 e. The quantitative estimate of drug-likeness (QED) is 0.778. The summed E-state index contributed by atoms with van der Waals surface area (Å²) in [5.41, 5.74) is 0.703. The minimum absolute atomic E-state index is 0.118. The van der Waals surface area contributed by atoms with Gasteiger partial charge < -0.3 is 14.6 Å². The topological polar surface area (TPSA) is 115 Å². The molecule has 0 radical (unpaired) electrons. The number of piperidine rings is 1. The molecule has 2 heterocycles. The summed E-state index contributed by atoms with van der Waals surface area (Å²) in [5, 5.41) is 6.71. The largest absolute Gasteiger partial charge is 0.496 e. The summed E-state index contributed by atoms with van der Waals surface area (Å²) in [7, 11) is -1.64. The number of rotatable bonds is 6. The predicted octanol–water partition coefficient (Wildman–Crippen LogP) is 1.03. The number of aromatic nitrogens is 2. The highest BCUT2D eigenvalue weighted by Crippen LogP contribution is 2.27. The summed E-state index contributed by atoms with van der Waals surface area (Å²) in [6.45, 7) is 0.831. The van der Waals surface area contributed by atoms with Gasteiger partial charge >= 0.3 is 0 Å². The Bertz CT molecular complexity index is 904. The third kappa shape index (κ3) is 4.64. The molecule has 146 valence electrons. The fraction of sp³-hybridized carbons (Fsp3) is 0.471. The smallest absolute Gasteiger partial charge is 0.246 e. The summed E-state index contributed by atoms with van der Waals surface area (Å²) < 4.78 is 34.9. The number of nitrogens with zero attached hydrogens (tertiary/aromatic N) is 3. The summed E-state index contributed by atoms with van der Waals surface area (Å²) in [4.78, 5) is 16.6. The first-order valence-electron chi connectivity index (χ1n) is 8.57. The van der Waals surface area contributed by atoms with Gasteiger partial charge in [-0.3, -0.25) is 4.79 Å². The highest BCUT2D eigenvalue weighted by Gasteiger charge is 2.29. The Morgan fingerprint density at radius 2 is 2.04 bits per heavy atom. The minimum Gasteiger partial charge on any atom is -0.496 e. The molecule has 1 aliphatic rings. The minimum atomic E-state index is -3.20. The summed E-state index contributed by atoms with van der Waals surface area (Å²) in [6, 6.07) is 7.31. The Balaban J connectivity index is 1.55. The van der Waals surface area contributed by atoms with E-state index >= 15 is 0 Å². The summed E-state index contributed by atoms with van der Waals surface area (Å²) in [6.07, 6.45) is 2.17. The van der Waals surface area contributed by atoms with Gasteiger partial charge in [0, 0.05) is 19.0 Å². The van der Waals surface area contributed by atoms with Crippen molar-refractivity contribution in [3.63, 3.8) is 0 Å². The maximum atomic E-state index is 12.3. The third-order valence-corrected chi connectivity index (χ3v) is 5.83. The van der Waals surface area contributed by atoms with Gasteiger partial charge in [-0.15, -0.1) is 0 Å². The lowest BCUT2D eigenvalue weighted by Gasteiger charge is -2.29. The van der Waals surface area contributed by atoms with Crippen molar-refractivity contribution in [2.45, 2.75) is 19.4 Å². The first kappa shape index (κ1) is 19.3. The van der Waals surface area contributed by atoms with Crippen LogP contribution in [-0.4, -0.2) is 55.2 Å². The number of hydrogen-bond donors (Lipinski definition) is 1. The molecule has 1 amide bonds. The zero-order valence-electron chi connectivity index (χ0n) is 15.2. The summed E-state index contributed by atoms with van der Waals surface area (Å²) >= 11 is 0. The number of carbonyl (C=O) groups excluding carboxylic acids is 1. The van der Waals surface area contributed by atoms with Crippen LogP contribution in [0.5, 0.6) is 5.75 Å². The van der Waals surface area contributed by atoms with Crippen molar-refractivity contribution in [3.05, 3.63) is 30.2 Å². The van der Waals surface area contributed by atoms with Crippen molar-refractivity contribution in [2.75, 3.05) is 26.5 Å². The molecule has 1 saturated heterocycles. The van der Waals surface area contributed by atoms with Gasteiger partial charge in [0.25, 0.3) is 0 Å². The van der Waals surface area contributed by atoms with E-state index in [0.29, 0.717) is 43.1 Å². The Morgan fingerprint density at radius 3 is 2.70 bits per heavy atom. The number of ether oxygens (including phenoxy) is 1. The molecule has 1 aromatic heterocycles. The molecule has 2 aromatic rings. The lowest BCUT2D eigenvalue weighted by molar-refractivity contribution is -0.126. The molecule has 10 heteroatoms. The number of para-hydroxylation sites is 1. The van der Waals surface area contributed by atoms with Crippen LogP contribution in [0.25, 0.3) is 11.4 Å². The van der Waals surface area contributed by atoms with E-state index in [0.717, 1.165) is 0 Å². The number of sulfonamides is 1. The standard InChI is InChI=1S/C17H22N4O5S/c1-25-14-6-4-3-5-13(14)16-19-15(26-20-16)11-18-17(22)12-7-9-21(10-8-12)27(2,23)24/h3-6,12H,7-11H2,1-2H3,(H,18,22). The third-order valence-electron chi connectivity index (χ3n) is 4.52. The molecule has 1 N–H and O–H groups in total. The van der Waals surface area contributed by atoms with Gasteiger partial charge in [0.05, 0.1) is 25.5 Å². The van der Waals surface area contributed by atoms with Crippen molar-refractivity contribution < 1.29 is 22.5 Å². The number of benzene rings is 1. The van der Waals surface area contributed by atoms with Gasteiger partial charge in [0.1, 0.15) is 5.75 Å². The fourth-order valence-electron chi connectivity index (χ4n) is 3.02. The zero-order chi connectivity index (χ0) is 19.4. The Kier molecular flexibility index (Phi) is 5.76. The molecule has 9 nitrogen and oxygen atoms in total. The van der Waals surface area contributed by atoms with Crippen LogP contribution in [0.15, 0.2) is 28.8 Å². The van der Waals surface area contributed by atoms with Crippen LogP contribution in [0.1, 0.15) is 18.7 Å². The average Bonchev–Trinajstić information content (AvgIpc) is 3.14. The van der Waals surface area contributed by atoms with Crippen molar-refractivity contribution in [2.24, 2.45) is 5.92 Å². The van der Waals surface area contributed by atoms with Crippen LogP contribution < -0.4 is 10.1 Å². The van der Waals surface area contributed by atoms with E-state index in [-0.39, 0.29) is 24.3 Å². The molecule has 0 spiro atoms. The monoisotopic (exact) mass is 394 g/mol. The normalized spacial score (nSPS) is 16.2. The van der Waals surface area contributed by atoms with Gasteiger partial charge in [-0.2, -0.15) is 4.98 Å². The molecular formula is C17H22N4O5S. The molecule has 0 aliphatic carbocycles. The highest BCUT2D eigenvalue weighted by atomic mass is 32.2. The fourth-order valence-corrected chi connectivity index (χ4v) is 3.90. The number of amides is 1. The molecule has 0 unspecified atom stereocenters. The molecule has 1 aliphatic heterocycles. The second-order valence-corrected chi connectivity index (χ2v) is 8.35. The molecule has 1 aromatic carbocycles. The van der Waals surface area contributed by atoms with E-state index in [1.807, 2.05) is 18.2 Å². The van der Waals surface area contributed by atoms with Crippen LogP contribution in [0.4, 0.5) is 0 Å². The summed E-state index contributed by atoms with van der Waals surface area (Å²) in [5.74, 6) is 0.947. The highest BCUT2D eigenvalue weighted by molar-refractivity contribution is 7.88. The van der Waals surface area contributed by atoms with Crippen molar-refractivity contribution in [1.82, 2.24) is 19.8 Å². The molecule has 0 saturated carbocycles. The Hall–Kier alpha value is -2.46. The van der Waals surface area contributed by atoms with Crippen LogP contribution in [0.3, 0.4) is 0 Å². The molecular weight excluding hydrogens is 372 g/mol. The first-order chi connectivity index (χ1) is 12.9. The van der Waals surface area contributed by atoms with E-state index in [2.05, 4.69) is 15.5 Å². The van der Waals surface area contributed by atoms with Crippen molar-refractivity contribution in [1.29, 1.82) is 0 Å². The number of carbonyl (C=O) groups is 1. The molecule has 1 fully saturated rings. The van der Waals surface area contributed by atoms with Crippen molar-refractivity contribution in [3.8, 4) is 17.1 Å². The average molecular weight is 394 g/mol. The van der Waals surface area contributed by atoms with Crippen LogP contribution in [0, 0.1) is 5.92 Å². The lowest BCUT2D eigenvalue weighted by Crippen LogP contribution is -2.42. The first-order valence-corrected chi connectivity index (χ1v) is 10.4. The Morgan fingerprint density at radius 1 is 1.33 bits per heavy atom. The number of hydrogen-bond acceptors (Lipinski definition) is 7. The molecule has 3 rings (SSSR count). The van der Waals surface area contributed by atoms with Gasteiger partial charge in [-0.05, 0) is 25.0 Å². The van der Waals surface area contributed by atoms with E-state index < -0.39 is 10.0 Å². The second kappa shape index (κ2) is 8.05. The van der Waals surface area contributed by atoms with Crippen LogP contribution in [-0.2, 0) is 21.4 Å². The molecule has 0 bridgehead atoms. The number of methoxy groups -OCH3 is 1. The van der Waals surface area contributed by atoms with Gasteiger partial charge in [-0.1, -0.05) is 17.3 Å². The maximum absolute atomic E-state index is 12.3. The molecule has 27 heavy (non-hydrogen) atoms. The van der Waals surface area contributed by atoms with E-state index in [4.69, 9.17) is 9.26 Å². The lowest BCUT2D eigenvalue weighted by atomic mass is 9.97. The van der Waals surface area contributed by atoms with E-state index in [1.54, 1.807) is 13.2 Å². The second-order valence-electron chi connectivity index (χ2n) is 6.37. The zero-order valence-corrected chi connectivity index (χ0v) is 16.0. The van der Waals surface area contributed by atoms with E-state index in [1.165, 1.54) is 10.6 Å².